The summed E-state index contributed by atoms with van der Waals surface area (Å²) in [4.78, 5) is 18.4. The molecule has 0 radical (unpaired) electrons. The molecule has 1 saturated carbocycles. The number of nitrogen functional groups attached to an aromatic ring is 1. The molecule has 0 atom stereocenters. The lowest BCUT2D eigenvalue weighted by atomic mass is 10.2. The van der Waals surface area contributed by atoms with Gasteiger partial charge in [0.2, 0.25) is 0 Å². The van der Waals surface area contributed by atoms with Crippen molar-refractivity contribution in [3.05, 3.63) is 23.9 Å². The molecule has 1 aromatic rings. The zero-order valence-corrected chi connectivity index (χ0v) is 10.9. The van der Waals surface area contributed by atoms with Gasteiger partial charge in [-0.05, 0) is 44.7 Å². The molecular weight excluding hydrogens is 228 g/mol. The van der Waals surface area contributed by atoms with Crippen molar-refractivity contribution in [3.63, 3.8) is 0 Å². The van der Waals surface area contributed by atoms with Gasteiger partial charge in [-0.15, -0.1) is 0 Å². The molecular formula is C13H20N4O. The van der Waals surface area contributed by atoms with E-state index in [1.165, 1.54) is 12.8 Å². The van der Waals surface area contributed by atoms with Crippen LogP contribution in [-0.4, -0.2) is 28.4 Å². The number of carbonyl (C=O) groups is 1. The maximum atomic E-state index is 12.4. The van der Waals surface area contributed by atoms with Crippen LogP contribution in [0.2, 0.25) is 0 Å². The summed E-state index contributed by atoms with van der Waals surface area (Å²) in [5, 5.41) is 0. The quantitative estimate of drug-likeness (QED) is 0.613. The molecule has 1 heterocycles. The van der Waals surface area contributed by atoms with E-state index in [-0.39, 0.29) is 11.9 Å². The van der Waals surface area contributed by atoms with Crippen molar-refractivity contribution in [2.45, 2.75) is 32.7 Å². The minimum Gasteiger partial charge on any atom is -0.336 e. The van der Waals surface area contributed by atoms with Crippen molar-refractivity contribution in [2.24, 2.45) is 11.8 Å². The van der Waals surface area contributed by atoms with Crippen molar-refractivity contribution < 1.29 is 4.79 Å². The molecule has 1 amide bonds. The molecule has 18 heavy (non-hydrogen) atoms. The van der Waals surface area contributed by atoms with Gasteiger partial charge in [0.25, 0.3) is 5.91 Å². The molecule has 1 fully saturated rings. The Morgan fingerprint density at radius 1 is 1.61 bits per heavy atom. The minimum absolute atomic E-state index is 0.0517. The van der Waals surface area contributed by atoms with Gasteiger partial charge in [-0.2, -0.15) is 0 Å². The minimum atomic E-state index is 0.0517. The predicted molar refractivity (Wildman–Crippen MR) is 70.9 cm³/mol. The van der Waals surface area contributed by atoms with Crippen LogP contribution in [0.25, 0.3) is 0 Å². The summed E-state index contributed by atoms with van der Waals surface area (Å²) >= 11 is 0. The van der Waals surface area contributed by atoms with Gasteiger partial charge in [0, 0.05) is 24.3 Å². The fourth-order valence-corrected chi connectivity index (χ4v) is 1.92. The van der Waals surface area contributed by atoms with E-state index < -0.39 is 0 Å². The van der Waals surface area contributed by atoms with E-state index in [1.54, 1.807) is 18.3 Å². The molecule has 0 aromatic carbocycles. The molecule has 0 bridgehead atoms. The van der Waals surface area contributed by atoms with Gasteiger partial charge < -0.3 is 10.3 Å². The molecule has 0 unspecified atom stereocenters. The highest BCUT2D eigenvalue weighted by atomic mass is 16.2. The molecule has 5 nitrogen and oxygen atoms in total. The van der Waals surface area contributed by atoms with Crippen LogP contribution < -0.4 is 11.3 Å². The molecule has 0 aliphatic heterocycles. The third kappa shape index (κ3) is 2.98. The van der Waals surface area contributed by atoms with Crippen molar-refractivity contribution in [3.8, 4) is 0 Å². The first-order valence-corrected chi connectivity index (χ1v) is 6.35. The summed E-state index contributed by atoms with van der Waals surface area (Å²) in [5.41, 5.74) is 3.09. The van der Waals surface area contributed by atoms with Crippen LogP contribution >= 0.6 is 0 Å². The number of anilines is 1. The van der Waals surface area contributed by atoms with Crippen LogP contribution in [0.3, 0.4) is 0 Å². The number of pyridine rings is 1. The summed E-state index contributed by atoms with van der Waals surface area (Å²) in [6.07, 6.45) is 4.07. The Morgan fingerprint density at radius 3 is 2.89 bits per heavy atom. The second kappa shape index (κ2) is 5.35. The van der Waals surface area contributed by atoms with Gasteiger partial charge in [0.1, 0.15) is 5.82 Å². The lowest BCUT2D eigenvalue weighted by Gasteiger charge is -2.27. The Balaban J connectivity index is 2.15. The molecule has 0 saturated heterocycles. The van der Waals surface area contributed by atoms with Crippen molar-refractivity contribution >= 4 is 11.7 Å². The Kier molecular flexibility index (Phi) is 3.81. The molecule has 1 aliphatic carbocycles. The molecule has 1 aliphatic rings. The third-order valence-electron chi connectivity index (χ3n) is 3.19. The highest BCUT2D eigenvalue weighted by Crippen LogP contribution is 2.30. The second-order valence-corrected chi connectivity index (χ2v) is 5.07. The number of hydrazine groups is 1. The lowest BCUT2D eigenvalue weighted by Crippen LogP contribution is -2.38. The Morgan fingerprint density at radius 2 is 2.33 bits per heavy atom. The van der Waals surface area contributed by atoms with Gasteiger partial charge in [0.15, 0.2) is 0 Å². The van der Waals surface area contributed by atoms with Crippen LogP contribution in [0.4, 0.5) is 5.82 Å². The van der Waals surface area contributed by atoms with E-state index in [4.69, 9.17) is 5.84 Å². The van der Waals surface area contributed by atoms with Crippen molar-refractivity contribution in [1.82, 2.24) is 9.88 Å². The summed E-state index contributed by atoms with van der Waals surface area (Å²) in [7, 11) is 0. The number of aromatic nitrogens is 1. The first-order chi connectivity index (χ1) is 8.61. The number of carbonyl (C=O) groups excluding carboxylic acids is 1. The molecule has 1 aromatic heterocycles. The highest BCUT2D eigenvalue weighted by molar-refractivity contribution is 5.95. The van der Waals surface area contributed by atoms with E-state index >= 15 is 0 Å². The first-order valence-electron chi connectivity index (χ1n) is 6.35. The number of rotatable bonds is 5. The number of nitrogens with zero attached hydrogens (tertiary/aromatic N) is 2. The fourth-order valence-electron chi connectivity index (χ4n) is 1.92. The first kappa shape index (κ1) is 12.8. The maximum absolute atomic E-state index is 12.4. The topological polar surface area (TPSA) is 71.2 Å². The summed E-state index contributed by atoms with van der Waals surface area (Å²) in [6, 6.07) is 3.62. The fraction of sp³-hybridized carbons (Fsp3) is 0.538. The highest BCUT2D eigenvalue weighted by Gasteiger charge is 2.28. The van der Waals surface area contributed by atoms with Gasteiger partial charge in [0.05, 0.1) is 0 Å². The summed E-state index contributed by atoms with van der Waals surface area (Å²) < 4.78 is 0. The van der Waals surface area contributed by atoms with E-state index in [9.17, 15) is 4.79 Å². The SMILES string of the molecule is CC(C)N(CC1CC1)C(=O)c1ccnc(NN)c1. The largest absolute Gasteiger partial charge is 0.336 e. The van der Waals surface area contributed by atoms with E-state index in [0.29, 0.717) is 17.3 Å². The third-order valence-corrected chi connectivity index (χ3v) is 3.19. The van der Waals surface area contributed by atoms with Gasteiger partial charge in [-0.3, -0.25) is 4.79 Å². The number of hydrogen-bond donors (Lipinski definition) is 2. The van der Waals surface area contributed by atoms with Crippen LogP contribution in [-0.2, 0) is 0 Å². The zero-order valence-electron chi connectivity index (χ0n) is 10.9. The van der Waals surface area contributed by atoms with Crippen LogP contribution in [0.1, 0.15) is 37.0 Å². The average molecular weight is 248 g/mol. The number of nitrogens with one attached hydrogen (secondary N) is 1. The molecule has 5 heteroatoms. The molecule has 0 spiro atoms. The standard InChI is InChI=1S/C13H20N4O/c1-9(2)17(8-10-3-4-10)13(18)11-5-6-15-12(7-11)16-14/h5-7,9-10H,3-4,8,14H2,1-2H3,(H,15,16). The van der Waals surface area contributed by atoms with Crippen LogP contribution in [0, 0.1) is 5.92 Å². The number of amides is 1. The van der Waals surface area contributed by atoms with Crippen LogP contribution in [0.15, 0.2) is 18.3 Å². The maximum Gasteiger partial charge on any atom is 0.254 e. The smallest absolute Gasteiger partial charge is 0.254 e. The van der Waals surface area contributed by atoms with E-state index in [0.717, 1.165) is 6.54 Å². The average Bonchev–Trinajstić information content (AvgIpc) is 3.19. The molecule has 2 rings (SSSR count). The van der Waals surface area contributed by atoms with Gasteiger partial charge >= 0.3 is 0 Å². The van der Waals surface area contributed by atoms with Crippen LogP contribution in [0.5, 0.6) is 0 Å². The monoisotopic (exact) mass is 248 g/mol. The Hall–Kier alpha value is -1.62. The van der Waals surface area contributed by atoms with Crippen molar-refractivity contribution in [2.75, 3.05) is 12.0 Å². The second-order valence-electron chi connectivity index (χ2n) is 5.07. The zero-order chi connectivity index (χ0) is 13.1. The summed E-state index contributed by atoms with van der Waals surface area (Å²) in [6.45, 7) is 4.94. The summed E-state index contributed by atoms with van der Waals surface area (Å²) in [5.74, 6) is 6.56. The lowest BCUT2D eigenvalue weighted by molar-refractivity contribution is 0.0696. The van der Waals surface area contributed by atoms with Gasteiger partial charge in [-0.25, -0.2) is 10.8 Å². The Bertz CT molecular complexity index is 429. The Labute approximate surface area is 107 Å². The van der Waals surface area contributed by atoms with Crippen molar-refractivity contribution in [1.29, 1.82) is 0 Å². The predicted octanol–water partition coefficient (Wildman–Crippen LogP) is 1.63. The van der Waals surface area contributed by atoms with E-state index in [2.05, 4.69) is 10.4 Å². The molecule has 3 N–H and O–H groups in total. The normalized spacial score (nSPS) is 14.7. The number of nitrogens with two attached hydrogens (primary N) is 1. The van der Waals surface area contributed by atoms with Gasteiger partial charge in [-0.1, -0.05) is 0 Å². The van der Waals surface area contributed by atoms with E-state index in [1.807, 2.05) is 18.7 Å². The molecule has 98 valence electrons. The number of hydrogen-bond acceptors (Lipinski definition) is 4.